The first kappa shape index (κ1) is 19.0. The molecule has 1 heterocycles. The lowest BCUT2D eigenvalue weighted by molar-refractivity contribution is 0.623. The van der Waals surface area contributed by atoms with Gasteiger partial charge >= 0.3 is 0 Å². The molecule has 2 rings (SSSR count). The number of aryl methyl sites for hydroxylation is 3. The molecule has 132 valence electrons. The fourth-order valence-corrected chi connectivity index (χ4v) is 3.45. The van der Waals surface area contributed by atoms with Crippen LogP contribution < -0.4 is 0 Å². The molecule has 0 saturated heterocycles. The molecule has 0 fully saturated rings. The summed E-state index contributed by atoms with van der Waals surface area (Å²) in [4.78, 5) is 5.03. The Hall–Kier alpha value is -1.37. The molecule has 0 bridgehead atoms. The van der Waals surface area contributed by atoms with E-state index in [9.17, 15) is 0 Å². The minimum Gasteiger partial charge on any atom is -0.253 e. The number of aromatic nitrogens is 1. The Morgan fingerprint density at radius 1 is 0.750 bits per heavy atom. The van der Waals surface area contributed by atoms with Crippen molar-refractivity contribution in [2.75, 3.05) is 0 Å². The minimum absolute atomic E-state index is 1.15. The summed E-state index contributed by atoms with van der Waals surface area (Å²) in [5.41, 5.74) is 5.36. The number of unbranched alkanes of at least 4 members (excludes halogenated alkanes) is 7. The van der Waals surface area contributed by atoms with Crippen molar-refractivity contribution in [2.45, 2.75) is 91.4 Å². The summed E-state index contributed by atoms with van der Waals surface area (Å²) in [6.07, 6.45) is 14.3. The lowest BCUT2D eigenvalue weighted by Gasteiger charge is -2.11. The zero-order chi connectivity index (χ0) is 17.2. The van der Waals surface area contributed by atoms with Crippen molar-refractivity contribution >= 4 is 10.9 Å². The third kappa shape index (κ3) is 5.92. The molecule has 0 amide bonds. The number of nitrogens with zero attached hydrogens (tertiary/aromatic N) is 1. The molecular formula is C23H35N. The number of fused-ring (bicyclic) bond motifs is 1. The fraction of sp³-hybridized carbons (Fsp3) is 0.609. The summed E-state index contributed by atoms with van der Waals surface area (Å²) in [6.45, 7) is 6.73. The first-order valence-corrected chi connectivity index (χ1v) is 10.1. The van der Waals surface area contributed by atoms with E-state index in [4.69, 9.17) is 4.98 Å². The zero-order valence-electron chi connectivity index (χ0n) is 16.0. The van der Waals surface area contributed by atoms with Gasteiger partial charge < -0.3 is 0 Å². The highest BCUT2D eigenvalue weighted by molar-refractivity contribution is 5.80. The summed E-state index contributed by atoms with van der Waals surface area (Å²) in [5.74, 6) is 0. The zero-order valence-corrected chi connectivity index (χ0v) is 16.0. The van der Waals surface area contributed by atoms with Gasteiger partial charge in [0.2, 0.25) is 0 Å². The van der Waals surface area contributed by atoms with Crippen LogP contribution in [0.3, 0.4) is 0 Å². The molecular weight excluding hydrogens is 290 g/mol. The SMILES string of the molecule is CCCCCCCc1nc2ccc(C)cc2cc1CCCCCC. The highest BCUT2D eigenvalue weighted by Gasteiger charge is 2.07. The van der Waals surface area contributed by atoms with Crippen LogP contribution in [0.1, 0.15) is 88.5 Å². The molecule has 1 aromatic heterocycles. The molecule has 1 heteroatoms. The van der Waals surface area contributed by atoms with Crippen LogP contribution in [-0.2, 0) is 12.8 Å². The van der Waals surface area contributed by atoms with Crippen molar-refractivity contribution in [3.05, 3.63) is 41.1 Å². The van der Waals surface area contributed by atoms with Crippen LogP contribution in [0.5, 0.6) is 0 Å². The van der Waals surface area contributed by atoms with E-state index in [-0.39, 0.29) is 0 Å². The van der Waals surface area contributed by atoms with Gasteiger partial charge in [0, 0.05) is 11.1 Å². The quantitative estimate of drug-likeness (QED) is 0.399. The second kappa shape index (κ2) is 10.5. The maximum atomic E-state index is 5.03. The molecule has 0 radical (unpaired) electrons. The first-order chi connectivity index (χ1) is 11.7. The second-order valence-corrected chi connectivity index (χ2v) is 7.27. The molecule has 0 aliphatic carbocycles. The third-order valence-corrected chi connectivity index (χ3v) is 4.96. The van der Waals surface area contributed by atoms with E-state index in [0.29, 0.717) is 0 Å². The first-order valence-electron chi connectivity index (χ1n) is 10.1. The molecule has 0 spiro atoms. The molecule has 0 aliphatic heterocycles. The number of pyridine rings is 1. The van der Waals surface area contributed by atoms with Crippen molar-refractivity contribution in [1.29, 1.82) is 0 Å². The monoisotopic (exact) mass is 325 g/mol. The van der Waals surface area contributed by atoms with E-state index in [1.807, 2.05) is 0 Å². The van der Waals surface area contributed by atoms with Crippen LogP contribution in [0, 0.1) is 6.92 Å². The predicted octanol–water partition coefficient (Wildman–Crippen LogP) is 7.18. The van der Waals surface area contributed by atoms with Crippen molar-refractivity contribution in [1.82, 2.24) is 4.98 Å². The minimum atomic E-state index is 1.15. The van der Waals surface area contributed by atoms with Crippen LogP contribution in [0.15, 0.2) is 24.3 Å². The molecule has 0 saturated carbocycles. The summed E-state index contributed by atoms with van der Waals surface area (Å²) in [5, 5.41) is 1.32. The Bertz CT molecular complexity index is 615. The van der Waals surface area contributed by atoms with Gasteiger partial charge in [-0.3, -0.25) is 4.98 Å². The van der Waals surface area contributed by atoms with Gasteiger partial charge in [-0.25, -0.2) is 0 Å². The van der Waals surface area contributed by atoms with Crippen molar-refractivity contribution in [3.8, 4) is 0 Å². The van der Waals surface area contributed by atoms with Gasteiger partial charge in [-0.05, 0) is 56.4 Å². The van der Waals surface area contributed by atoms with Gasteiger partial charge in [0.15, 0.2) is 0 Å². The molecule has 24 heavy (non-hydrogen) atoms. The van der Waals surface area contributed by atoms with Gasteiger partial charge in [0.1, 0.15) is 0 Å². The van der Waals surface area contributed by atoms with Crippen molar-refractivity contribution in [3.63, 3.8) is 0 Å². The van der Waals surface area contributed by atoms with Crippen LogP contribution >= 0.6 is 0 Å². The molecule has 0 N–H and O–H groups in total. The topological polar surface area (TPSA) is 12.9 Å². The van der Waals surface area contributed by atoms with Crippen molar-refractivity contribution in [2.24, 2.45) is 0 Å². The molecule has 0 aliphatic rings. The maximum absolute atomic E-state index is 5.03. The Balaban J connectivity index is 2.09. The average molecular weight is 326 g/mol. The van der Waals surface area contributed by atoms with Crippen LogP contribution in [0.25, 0.3) is 10.9 Å². The Morgan fingerprint density at radius 2 is 1.42 bits per heavy atom. The van der Waals surface area contributed by atoms with E-state index in [2.05, 4.69) is 45.0 Å². The largest absolute Gasteiger partial charge is 0.253 e. The number of hydrogen-bond donors (Lipinski definition) is 0. The van der Waals surface area contributed by atoms with E-state index < -0.39 is 0 Å². The van der Waals surface area contributed by atoms with Gasteiger partial charge in [-0.2, -0.15) is 0 Å². The highest BCUT2D eigenvalue weighted by atomic mass is 14.7. The third-order valence-electron chi connectivity index (χ3n) is 4.96. The van der Waals surface area contributed by atoms with Crippen LogP contribution in [0.2, 0.25) is 0 Å². The maximum Gasteiger partial charge on any atom is 0.0705 e. The smallest absolute Gasteiger partial charge is 0.0705 e. The van der Waals surface area contributed by atoms with Gasteiger partial charge in [-0.15, -0.1) is 0 Å². The highest BCUT2D eigenvalue weighted by Crippen LogP contribution is 2.22. The van der Waals surface area contributed by atoms with E-state index in [1.165, 1.54) is 91.9 Å². The molecule has 1 nitrogen and oxygen atoms in total. The Kier molecular flexibility index (Phi) is 8.28. The number of rotatable bonds is 11. The summed E-state index contributed by atoms with van der Waals surface area (Å²) in [6, 6.07) is 9.07. The predicted molar refractivity (Wildman–Crippen MR) is 107 cm³/mol. The number of benzene rings is 1. The van der Waals surface area contributed by atoms with Crippen molar-refractivity contribution < 1.29 is 0 Å². The Morgan fingerprint density at radius 3 is 2.17 bits per heavy atom. The summed E-state index contributed by atoms with van der Waals surface area (Å²) < 4.78 is 0. The lowest BCUT2D eigenvalue weighted by atomic mass is 9.98. The Labute approximate surface area is 148 Å². The second-order valence-electron chi connectivity index (χ2n) is 7.27. The fourth-order valence-electron chi connectivity index (χ4n) is 3.45. The molecule has 2 aromatic rings. The van der Waals surface area contributed by atoms with E-state index >= 15 is 0 Å². The summed E-state index contributed by atoms with van der Waals surface area (Å²) >= 11 is 0. The molecule has 0 atom stereocenters. The standard InChI is InChI=1S/C23H35N/c1-4-6-8-10-12-14-22-20(13-11-9-7-5-2)18-21-17-19(3)15-16-23(21)24-22/h15-18H,4-14H2,1-3H3. The van der Waals surface area contributed by atoms with Gasteiger partial charge in [0.25, 0.3) is 0 Å². The van der Waals surface area contributed by atoms with Gasteiger partial charge in [-0.1, -0.05) is 70.4 Å². The summed E-state index contributed by atoms with van der Waals surface area (Å²) in [7, 11) is 0. The normalized spacial score (nSPS) is 11.3. The lowest BCUT2D eigenvalue weighted by Crippen LogP contribution is -2.00. The average Bonchev–Trinajstić information content (AvgIpc) is 2.58. The molecule has 1 aromatic carbocycles. The van der Waals surface area contributed by atoms with Gasteiger partial charge in [0.05, 0.1) is 5.52 Å². The van der Waals surface area contributed by atoms with E-state index in [0.717, 1.165) is 6.42 Å². The van der Waals surface area contributed by atoms with E-state index in [1.54, 1.807) is 0 Å². The number of hydrogen-bond acceptors (Lipinski definition) is 1. The van der Waals surface area contributed by atoms with Crippen LogP contribution in [-0.4, -0.2) is 4.98 Å². The van der Waals surface area contributed by atoms with Crippen LogP contribution in [0.4, 0.5) is 0 Å². The molecule has 0 unspecified atom stereocenters.